The molecule has 0 bridgehead atoms. The number of anilines is 1. The third-order valence-corrected chi connectivity index (χ3v) is 6.79. The van der Waals surface area contributed by atoms with Crippen molar-refractivity contribution in [2.75, 3.05) is 5.32 Å². The van der Waals surface area contributed by atoms with Gasteiger partial charge in [0.25, 0.3) is 11.5 Å². The van der Waals surface area contributed by atoms with E-state index in [0.29, 0.717) is 26.6 Å². The van der Waals surface area contributed by atoms with Gasteiger partial charge in [-0.1, -0.05) is 15.9 Å². The fourth-order valence-corrected chi connectivity index (χ4v) is 4.73. The molecule has 40 heavy (non-hydrogen) atoms. The number of benzene rings is 2. The molecule has 0 fully saturated rings. The van der Waals surface area contributed by atoms with Gasteiger partial charge in [0.2, 0.25) is 0 Å². The number of rotatable bonds is 5. The third-order valence-electron chi connectivity index (χ3n) is 6.29. The maximum atomic E-state index is 15.0. The first-order valence-corrected chi connectivity index (χ1v) is 12.7. The molecule has 0 spiro atoms. The lowest BCUT2D eigenvalue weighted by Gasteiger charge is -2.14. The van der Waals surface area contributed by atoms with Crippen LogP contribution in [-0.4, -0.2) is 25.0 Å². The molecule has 2 aromatic carbocycles. The quantitative estimate of drug-likeness (QED) is 0.248. The lowest BCUT2D eigenvalue weighted by Crippen LogP contribution is -2.29. The smallest absolute Gasteiger partial charge is 0.269 e. The second-order valence-corrected chi connectivity index (χ2v) is 9.80. The van der Waals surface area contributed by atoms with Gasteiger partial charge in [-0.2, -0.15) is 0 Å². The lowest BCUT2D eigenvalue weighted by molar-refractivity contribution is 0.102. The summed E-state index contributed by atoms with van der Waals surface area (Å²) in [4.78, 5) is 35.2. The number of nitrogens with zero attached hydrogens (tertiary/aromatic N) is 4. The van der Waals surface area contributed by atoms with Gasteiger partial charge in [0.15, 0.2) is 11.6 Å². The van der Waals surface area contributed by atoms with Gasteiger partial charge in [-0.15, -0.1) is 0 Å². The Morgan fingerprint density at radius 3 is 2.55 bits per heavy atom. The van der Waals surface area contributed by atoms with Crippen LogP contribution in [0.15, 0.2) is 94.6 Å². The van der Waals surface area contributed by atoms with Crippen molar-refractivity contribution in [2.45, 2.75) is 0 Å². The largest absolute Gasteiger partial charge is 0.453 e. The van der Waals surface area contributed by atoms with Crippen molar-refractivity contribution in [3.8, 4) is 17.2 Å². The van der Waals surface area contributed by atoms with Crippen molar-refractivity contribution in [1.82, 2.24) is 19.1 Å². The molecule has 0 atom stereocenters. The normalized spacial score (nSPS) is 11.2. The molecule has 198 valence electrons. The van der Waals surface area contributed by atoms with Crippen LogP contribution in [0.25, 0.3) is 27.8 Å². The number of aryl methyl sites for hydroxylation is 1. The van der Waals surface area contributed by atoms with Gasteiger partial charge in [0.05, 0.1) is 11.1 Å². The number of carbonyl (C=O) groups excluding carboxylic acids is 1. The lowest BCUT2D eigenvalue weighted by atomic mass is 10.1. The third kappa shape index (κ3) is 4.50. The van der Waals surface area contributed by atoms with Crippen molar-refractivity contribution in [3.63, 3.8) is 0 Å². The van der Waals surface area contributed by atoms with E-state index in [-0.39, 0.29) is 28.3 Å². The van der Waals surface area contributed by atoms with E-state index in [2.05, 4.69) is 31.2 Å². The summed E-state index contributed by atoms with van der Waals surface area (Å²) in [6.45, 7) is 0. The average molecular weight is 602 g/mol. The number of aromatic nitrogens is 4. The molecule has 0 saturated heterocycles. The number of hydrogen-bond acceptors (Lipinski definition) is 5. The van der Waals surface area contributed by atoms with Crippen molar-refractivity contribution >= 4 is 49.6 Å². The van der Waals surface area contributed by atoms with Gasteiger partial charge in [-0.25, -0.2) is 18.7 Å². The highest BCUT2D eigenvalue weighted by Gasteiger charge is 2.20. The Morgan fingerprint density at radius 1 is 0.925 bits per heavy atom. The molecule has 11 heteroatoms. The van der Waals surface area contributed by atoms with E-state index in [9.17, 15) is 14.0 Å². The molecule has 8 nitrogen and oxygen atoms in total. The van der Waals surface area contributed by atoms with Crippen LogP contribution < -0.4 is 15.6 Å². The van der Waals surface area contributed by atoms with Crippen molar-refractivity contribution in [3.05, 3.63) is 117 Å². The van der Waals surface area contributed by atoms with Crippen molar-refractivity contribution in [2.24, 2.45) is 7.05 Å². The Bertz CT molecular complexity index is 2020. The van der Waals surface area contributed by atoms with Crippen LogP contribution in [0, 0.1) is 11.6 Å². The average Bonchev–Trinajstić information content (AvgIpc) is 3.32. The summed E-state index contributed by atoms with van der Waals surface area (Å²) in [5, 5.41) is 3.70. The van der Waals surface area contributed by atoms with Crippen LogP contribution in [0.2, 0.25) is 0 Å². The Hall–Kier alpha value is -4.90. The van der Waals surface area contributed by atoms with Gasteiger partial charge in [0, 0.05) is 47.3 Å². The molecule has 6 rings (SSSR count). The molecule has 0 aliphatic heterocycles. The first kappa shape index (κ1) is 25.4. The summed E-state index contributed by atoms with van der Waals surface area (Å²) < 4.78 is 39.0. The fourth-order valence-electron chi connectivity index (χ4n) is 4.40. The van der Waals surface area contributed by atoms with E-state index in [4.69, 9.17) is 4.74 Å². The number of halogens is 3. The van der Waals surface area contributed by atoms with Gasteiger partial charge < -0.3 is 14.6 Å². The zero-order valence-electron chi connectivity index (χ0n) is 20.7. The number of pyridine rings is 3. The highest BCUT2D eigenvalue weighted by Crippen LogP contribution is 2.32. The van der Waals surface area contributed by atoms with Crippen LogP contribution in [-0.2, 0) is 7.05 Å². The van der Waals surface area contributed by atoms with E-state index < -0.39 is 23.1 Å². The standard InChI is InChI=1S/C29H18BrF2N5O3/c1-36-12-9-19-24(8-11-34-27(19)36)40-25-7-5-18(15-22(25)32)35-28(38)20-13-16-3-2-10-33-26(16)37(29(20)39)23-6-4-17(30)14-21(23)31/h2-15H,1H3,(H,35,38). The molecular weight excluding hydrogens is 584 g/mol. The number of carbonyl (C=O) groups is 1. The number of amides is 1. The van der Waals surface area contributed by atoms with E-state index in [1.807, 2.05) is 23.9 Å². The molecule has 1 amide bonds. The van der Waals surface area contributed by atoms with Crippen molar-refractivity contribution < 1.29 is 18.3 Å². The first-order valence-electron chi connectivity index (χ1n) is 11.9. The van der Waals surface area contributed by atoms with E-state index >= 15 is 4.39 Å². The number of ether oxygens (including phenoxy) is 1. The highest BCUT2D eigenvalue weighted by molar-refractivity contribution is 9.10. The molecule has 6 aromatic rings. The fraction of sp³-hybridized carbons (Fsp3) is 0.0345. The first-order chi connectivity index (χ1) is 19.3. The summed E-state index contributed by atoms with van der Waals surface area (Å²) in [5.41, 5.74) is -0.159. The zero-order chi connectivity index (χ0) is 28.0. The van der Waals surface area contributed by atoms with E-state index in [1.165, 1.54) is 36.5 Å². The minimum absolute atomic E-state index is 0.0563. The van der Waals surface area contributed by atoms with Crippen LogP contribution >= 0.6 is 15.9 Å². The Morgan fingerprint density at radius 2 is 1.75 bits per heavy atom. The summed E-state index contributed by atoms with van der Waals surface area (Å²) in [6.07, 6.45) is 4.85. The number of hydrogen-bond donors (Lipinski definition) is 1. The molecule has 1 N–H and O–H groups in total. The minimum atomic E-state index is -0.796. The van der Waals surface area contributed by atoms with Gasteiger partial charge in [-0.3, -0.25) is 14.2 Å². The molecule has 0 unspecified atom stereocenters. The monoisotopic (exact) mass is 601 g/mol. The highest BCUT2D eigenvalue weighted by atomic mass is 79.9. The number of fused-ring (bicyclic) bond motifs is 2. The molecule has 4 heterocycles. The SMILES string of the molecule is Cn1ccc2c(Oc3ccc(NC(=O)c4cc5cccnc5n(-c5ccc(Br)cc5F)c4=O)cc3F)ccnc21. The second kappa shape index (κ2) is 10.0. The van der Waals surface area contributed by atoms with Crippen LogP contribution in [0.5, 0.6) is 11.5 Å². The molecule has 0 saturated carbocycles. The molecule has 0 radical (unpaired) electrons. The summed E-state index contributed by atoms with van der Waals surface area (Å²) >= 11 is 3.20. The Labute approximate surface area is 233 Å². The summed E-state index contributed by atoms with van der Waals surface area (Å²) in [5.74, 6) is -1.84. The zero-order valence-corrected chi connectivity index (χ0v) is 22.3. The van der Waals surface area contributed by atoms with E-state index in [1.54, 1.807) is 30.5 Å². The Kier molecular flexibility index (Phi) is 6.35. The predicted molar refractivity (Wildman–Crippen MR) is 150 cm³/mol. The van der Waals surface area contributed by atoms with Crippen molar-refractivity contribution in [1.29, 1.82) is 0 Å². The summed E-state index contributed by atoms with van der Waals surface area (Å²) in [7, 11) is 1.84. The van der Waals surface area contributed by atoms with Crippen LogP contribution in [0.1, 0.15) is 10.4 Å². The molecular formula is C29H18BrF2N5O3. The van der Waals surface area contributed by atoms with Crippen LogP contribution in [0.3, 0.4) is 0 Å². The van der Waals surface area contributed by atoms with E-state index in [0.717, 1.165) is 10.6 Å². The minimum Gasteiger partial charge on any atom is -0.453 e. The second-order valence-electron chi connectivity index (χ2n) is 8.88. The maximum absolute atomic E-state index is 15.0. The number of nitrogens with one attached hydrogen (secondary N) is 1. The molecule has 0 aliphatic rings. The maximum Gasteiger partial charge on any atom is 0.269 e. The van der Waals surface area contributed by atoms with Gasteiger partial charge in [0.1, 0.15) is 28.4 Å². The topological polar surface area (TPSA) is 91.0 Å². The van der Waals surface area contributed by atoms with Gasteiger partial charge in [-0.05, 0) is 60.7 Å². The molecule has 0 aliphatic carbocycles. The molecule has 4 aromatic heterocycles. The predicted octanol–water partition coefficient (Wildman–Crippen LogP) is 6.36. The summed E-state index contributed by atoms with van der Waals surface area (Å²) in [6, 6.07) is 16.2. The van der Waals surface area contributed by atoms with Crippen LogP contribution in [0.4, 0.5) is 14.5 Å². The Balaban J connectivity index is 1.33. The van der Waals surface area contributed by atoms with Gasteiger partial charge >= 0.3 is 0 Å².